The van der Waals surface area contributed by atoms with Crippen LogP contribution < -0.4 is 15.8 Å². The quantitative estimate of drug-likeness (QED) is 0.579. The van der Waals surface area contributed by atoms with Crippen molar-refractivity contribution in [3.8, 4) is 0 Å². The Kier molecular flexibility index (Phi) is 7.11. The van der Waals surface area contributed by atoms with Crippen LogP contribution in [0.5, 0.6) is 0 Å². The number of carbonyl (C=O) groups is 1. The van der Waals surface area contributed by atoms with Gasteiger partial charge in [-0.3, -0.25) is 4.79 Å². The molecule has 8 heteroatoms. The van der Waals surface area contributed by atoms with Crippen LogP contribution in [0.2, 0.25) is 0 Å². The van der Waals surface area contributed by atoms with Gasteiger partial charge in [0.25, 0.3) is 5.91 Å². The summed E-state index contributed by atoms with van der Waals surface area (Å²) in [5.41, 5.74) is 2.20. The Balaban J connectivity index is 1.82. The summed E-state index contributed by atoms with van der Waals surface area (Å²) in [5, 5.41) is 11.1. The molecule has 0 aliphatic rings. The average molecular weight is 376 g/mol. The van der Waals surface area contributed by atoms with Gasteiger partial charge in [0.1, 0.15) is 5.69 Å². The van der Waals surface area contributed by atoms with E-state index in [1.807, 2.05) is 6.07 Å². The molecule has 1 aromatic heterocycles. The fourth-order valence-corrected chi connectivity index (χ4v) is 2.81. The monoisotopic (exact) mass is 376 g/mol. The Morgan fingerprint density at radius 3 is 2.42 bits per heavy atom. The van der Waals surface area contributed by atoms with Gasteiger partial charge in [-0.2, -0.15) is 0 Å². The van der Waals surface area contributed by atoms with Crippen molar-refractivity contribution in [3.05, 3.63) is 53.9 Å². The number of unbranched alkanes of at least 4 members (excludes halogenated alkanes) is 1. The number of anilines is 1. The molecular weight excluding hydrogens is 352 g/mol. The summed E-state index contributed by atoms with van der Waals surface area (Å²) in [5.74, 6) is -0.167. The number of nitrogens with one attached hydrogen (secondary N) is 2. The van der Waals surface area contributed by atoms with Gasteiger partial charge in [0, 0.05) is 13.1 Å². The molecule has 4 N–H and O–H groups in total. The van der Waals surface area contributed by atoms with Crippen LogP contribution in [-0.4, -0.2) is 32.4 Å². The van der Waals surface area contributed by atoms with Crippen LogP contribution in [0.1, 0.15) is 35.8 Å². The van der Waals surface area contributed by atoms with Crippen LogP contribution in [0.25, 0.3) is 0 Å². The third-order valence-electron chi connectivity index (χ3n) is 3.81. The number of amides is 1. The molecule has 7 nitrogen and oxygen atoms in total. The summed E-state index contributed by atoms with van der Waals surface area (Å²) >= 11 is 0. The van der Waals surface area contributed by atoms with Gasteiger partial charge in [-0.1, -0.05) is 25.5 Å². The molecule has 0 aliphatic carbocycles. The summed E-state index contributed by atoms with van der Waals surface area (Å²) in [7, 11) is -3.66. The van der Waals surface area contributed by atoms with Crippen LogP contribution in [0.15, 0.2) is 47.5 Å². The number of sulfonamides is 1. The number of primary sulfonamides is 1. The second kappa shape index (κ2) is 9.30. The van der Waals surface area contributed by atoms with E-state index in [1.54, 1.807) is 24.4 Å². The van der Waals surface area contributed by atoms with E-state index in [2.05, 4.69) is 22.5 Å². The second-order valence-corrected chi connectivity index (χ2v) is 7.47. The summed E-state index contributed by atoms with van der Waals surface area (Å²) in [6.45, 7) is 3.37. The average Bonchev–Trinajstić information content (AvgIpc) is 2.62. The molecule has 2 rings (SSSR count). The van der Waals surface area contributed by atoms with Crippen molar-refractivity contribution in [3.63, 3.8) is 0 Å². The predicted molar refractivity (Wildman–Crippen MR) is 101 cm³/mol. The smallest absolute Gasteiger partial charge is 0.269 e. The largest absolute Gasteiger partial charge is 0.383 e. The zero-order valence-electron chi connectivity index (χ0n) is 14.7. The molecule has 1 amide bonds. The maximum Gasteiger partial charge on any atom is 0.269 e. The van der Waals surface area contributed by atoms with Gasteiger partial charge in [0.15, 0.2) is 0 Å². The molecule has 0 aliphatic heterocycles. The first-order chi connectivity index (χ1) is 12.4. The summed E-state index contributed by atoms with van der Waals surface area (Å²) in [6.07, 6.45) is 4.31. The Morgan fingerprint density at radius 2 is 1.85 bits per heavy atom. The molecule has 1 aromatic carbocycles. The number of nitrogens with zero attached hydrogens (tertiary/aromatic N) is 1. The number of benzene rings is 1. The zero-order chi connectivity index (χ0) is 19.0. The molecule has 140 valence electrons. The molecule has 0 radical (unpaired) electrons. The third kappa shape index (κ3) is 6.12. The topological polar surface area (TPSA) is 114 Å². The SMILES string of the molecule is CCCCNC(=O)c1ccc(NCCc2ccc(S(N)(=O)=O)cc2)cn1. The van der Waals surface area contributed by atoms with Crippen molar-refractivity contribution in [1.29, 1.82) is 0 Å². The maximum atomic E-state index is 11.9. The lowest BCUT2D eigenvalue weighted by atomic mass is 10.1. The third-order valence-corrected chi connectivity index (χ3v) is 4.74. The van der Waals surface area contributed by atoms with Crippen molar-refractivity contribution in [1.82, 2.24) is 10.3 Å². The molecule has 1 heterocycles. The van der Waals surface area contributed by atoms with Gasteiger partial charge in [0.2, 0.25) is 10.0 Å². The van der Waals surface area contributed by atoms with Crippen molar-refractivity contribution >= 4 is 21.6 Å². The van der Waals surface area contributed by atoms with Crippen molar-refractivity contribution in [2.24, 2.45) is 5.14 Å². The van der Waals surface area contributed by atoms with Crippen LogP contribution >= 0.6 is 0 Å². The minimum absolute atomic E-state index is 0.103. The van der Waals surface area contributed by atoms with Gasteiger partial charge in [-0.05, 0) is 42.7 Å². The first kappa shape index (κ1) is 19.9. The number of rotatable bonds is 9. The Labute approximate surface area is 154 Å². The molecule has 0 fully saturated rings. The van der Waals surface area contributed by atoms with E-state index < -0.39 is 10.0 Å². The van der Waals surface area contributed by atoms with E-state index in [0.29, 0.717) is 25.2 Å². The van der Waals surface area contributed by atoms with E-state index in [4.69, 9.17) is 5.14 Å². The highest BCUT2D eigenvalue weighted by atomic mass is 32.2. The highest BCUT2D eigenvalue weighted by molar-refractivity contribution is 7.89. The van der Waals surface area contributed by atoms with Crippen LogP contribution in [0, 0.1) is 0 Å². The van der Waals surface area contributed by atoms with Crippen molar-refractivity contribution < 1.29 is 13.2 Å². The highest BCUT2D eigenvalue weighted by Gasteiger charge is 2.07. The summed E-state index contributed by atoms with van der Waals surface area (Å²) in [4.78, 5) is 16.2. The zero-order valence-corrected chi connectivity index (χ0v) is 15.6. The summed E-state index contributed by atoms with van der Waals surface area (Å²) < 4.78 is 22.4. The molecule has 0 atom stereocenters. The Morgan fingerprint density at radius 1 is 1.12 bits per heavy atom. The second-order valence-electron chi connectivity index (χ2n) is 5.91. The molecule has 0 saturated heterocycles. The number of hydrogen-bond donors (Lipinski definition) is 3. The molecule has 26 heavy (non-hydrogen) atoms. The maximum absolute atomic E-state index is 11.9. The Bertz CT molecular complexity index is 819. The first-order valence-corrected chi connectivity index (χ1v) is 10.0. The molecule has 0 spiro atoms. The van der Waals surface area contributed by atoms with E-state index >= 15 is 0 Å². The molecule has 0 unspecified atom stereocenters. The fraction of sp³-hybridized carbons (Fsp3) is 0.333. The van der Waals surface area contributed by atoms with Gasteiger partial charge in [-0.25, -0.2) is 18.5 Å². The molecular formula is C18H24N4O3S. The molecule has 0 bridgehead atoms. The van der Waals surface area contributed by atoms with Crippen molar-refractivity contribution in [2.75, 3.05) is 18.4 Å². The van der Waals surface area contributed by atoms with E-state index in [-0.39, 0.29) is 10.8 Å². The lowest BCUT2D eigenvalue weighted by Crippen LogP contribution is -2.25. The number of hydrogen-bond acceptors (Lipinski definition) is 5. The van der Waals surface area contributed by atoms with Gasteiger partial charge >= 0.3 is 0 Å². The summed E-state index contributed by atoms with van der Waals surface area (Å²) in [6, 6.07) is 9.97. The molecule has 0 saturated carbocycles. The van der Waals surface area contributed by atoms with Crippen LogP contribution in [0.3, 0.4) is 0 Å². The van der Waals surface area contributed by atoms with E-state index in [0.717, 1.165) is 24.1 Å². The lowest BCUT2D eigenvalue weighted by molar-refractivity contribution is 0.0948. The standard InChI is InChI=1S/C18H24N4O3S/c1-2-3-11-21-18(23)17-9-6-15(13-22-17)20-12-10-14-4-7-16(8-5-14)26(19,24)25/h4-9,13,20H,2-3,10-12H2,1H3,(H,21,23)(H2,19,24,25). The first-order valence-electron chi connectivity index (χ1n) is 8.50. The van der Waals surface area contributed by atoms with Gasteiger partial charge in [-0.15, -0.1) is 0 Å². The normalized spacial score (nSPS) is 11.2. The number of carbonyl (C=O) groups excluding carboxylic acids is 1. The minimum Gasteiger partial charge on any atom is -0.383 e. The van der Waals surface area contributed by atoms with E-state index in [9.17, 15) is 13.2 Å². The number of nitrogens with two attached hydrogens (primary N) is 1. The predicted octanol–water partition coefficient (Wildman–Crippen LogP) is 1.91. The fourth-order valence-electron chi connectivity index (χ4n) is 2.30. The lowest BCUT2D eigenvalue weighted by Gasteiger charge is -2.08. The van der Waals surface area contributed by atoms with Crippen LogP contribution in [0.4, 0.5) is 5.69 Å². The molecule has 2 aromatic rings. The Hall–Kier alpha value is -2.45. The van der Waals surface area contributed by atoms with Crippen molar-refractivity contribution in [2.45, 2.75) is 31.1 Å². The van der Waals surface area contributed by atoms with Gasteiger partial charge < -0.3 is 10.6 Å². The number of pyridine rings is 1. The minimum atomic E-state index is -3.66. The highest BCUT2D eigenvalue weighted by Crippen LogP contribution is 2.10. The van der Waals surface area contributed by atoms with E-state index in [1.165, 1.54) is 12.1 Å². The number of aromatic nitrogens is 1. The van der Waals surface area contributed by atoms with Crippen LogP contribution in [-0.2, 0) is 16.4 Å². The van der Waals surface area contributed by atoms with Gasteiger partial charge in [0.05, 0.1) is 16.8 Å².